The van der Waals surface area contributed by atoms with Crippen molar-refractivity contribution in [3.05, 3.63) is 94.8 Å². The Labute approximate surface area is 451 Å². The number of allylic oxidation sites excluding steroid dienone is 2. The number of rotatable bonds is 54. The Hall–Kier alpha value is -3.00. The van der Waals surface area contributed by atoms with Crippen molar-refractivity contribution >= 4 is 0 Å². The highest BCUT2D eigenvalue weighted by Gasteiger charge is 2.27. The summed E-state index contributed by atoms with van der Waals surface area (Å²) in [5.41, 5.74) is 2.05. The van der Waals surface area contributed by atoms with Gasteiger partial charge in [-0.15, -0.1) is 0 Å². The van der Waals surface area contributed by atoms with Gasteiger partial charge in [0.15, 0.2) is 25.1 Å². The Morgan fingerprint density at radius 2 is 0.562 bits per heavy atom. The van der Waals surface area contributed by atoms with Crippen molar-refractivity contribution in [2.24, 2.45) is 0 Å². The zero-order valence-electron chi connectivity index (χ0n) is 48.5. The van der Waals surface area contributed by atoms with Crippen LogP contribution in [0.25, 0.3) is 0 Å². The van der Waals surface area contributed by atoms with Crippen LogP contribution in [0.15, 0.2) is 83.7 Å². The van der Waals surface area contributed by atoms with Crippen molar-refractivity contribution < 1.29 is 33.2 Å². The fourth-order valence-corrected chi connectivity index (χ4v) is 9.37. The standard InChI is InChI=1S/C66H114O7/c1-7-13-19-23-27-31-43-53-68-61(51-37-17-11-5)65(70-55-45-33-29-25-21-15-9-3)63(59-47-39-35-40-48-59)72-57-67-58-73-64(60-49-41-36-42-50-60)66(71-56-46-34-30-26-22-16-10-4)62(52-38-18-12-6)69-54-44-32-28-24-20-14-8-2/h35-36,39-42,47-50,63-64H,7-34,37-38,43-46,51-58H2,1-6H3. The summed E-state index contributed by atoms with van der Waals surface area (Å²) in [4.78, 5) is 0. The van der Waals surface area contributed by atoms with Crippen LogP contribution in [-0.2, 0) is 33.2 Å². The summed E-state index contributed by atoms with van der Waals surface area (Å²) in [5.74, 6) is 3.44. The van der Waals surface area contributed by atoms with Crippen molar-refractivity contribution in [2.45, 2.75) is 285 Å². The summed E-state index contributed by atoms with van der Waals surface area (Å²) in [7, 11) is 0. The molecule has 2 unspecified atom stereocenters. The lowest BCUT2D eigenvalue weighted by Gasteiger charge is -2.27. The Morgan fingerprint density at radius 3 is 0.863 bits per heavy atom. The molecule has 0 aliphatic carbocycles. The molecule has 0 aliphatic rings. The molecular formula is C66H114O7. The molecule has 0 fully saturated rings. The first kappa shape index (κ1) is 66.1. The molecule has 0 amide bonds. The van der Waals surface area contributed by atoms with Crippen LogP contribution in [0.3, 0.4) is 0 Å². The lowest BCUT2D eigenvalue weighted by atomic mass is 10.0. The first-order chi connectivity index (χ1) is 36.1. The Balaban J connectivity index is 2.44. The predicted octanol–water partition coefficient (Wildman–Crippen LogP) is 21.1. The lowest BCUT2D eigenvalue weighted by molar-refractivity contribution is -0.168. The summed E-state index contributed by atoms with van der Waals surface area (Å²) in [6, 6.07) is 21.0. The minimum Gasteiger partial charge on any atom is -0.494 e. The molecule has 0 radical (unpaired) electrons. The number of ether oxygens (including phenoxy) is 7. The van der Waals surface area contributed by atoms with Gasteiger partial charge in [-0.25, -0.2) is 0 Å². The fourth-order valence-electron chi connectivity index (χ4n) is 9.37. The molecule has 7 nitrogen and oxygen atoms in total. The highest BCUT2D eigenvalue weighted by molar-refractivity contribution is 5.27. The lowest BCUT2D eigenvalue weighted by Crippen LogP contribution is -2.19. The Kier molecular flexibility index (Phi) is 45.1. The quantitative estimate of drug-likeness (QED) is 0.0372. The molecule has 0 aromatic heterocycles. The van der Waals surface area contributed by atoms with E-state index in [-0.39, 0.29) is 13.6 Å². The first-order valence-electron chi connectivity index (χ1n) is 31.0. The van der Waals surface area contributed by atoms with Crippen molar-refractivity contribution in [1.82, 2.24) is 0 Å². The van der Waals surface area contributed by atoms with Gasteiger partial charge in [0.2, 0.25) is 0 Å². The van der Waals surface area contributed by atoms with Crippen LogP contribution in [0.1, 0.15) is 296 Å². The van der Waals surface area contributed by atoms with Crippen molar-refractivity contribution in [3.8, 4) is 0 Å². The van der Waals surface area contributed by atoms with Gasteiger partial charge in [0.1, 0.15) is 23.7 Å². The number of hydrogen-bond acceptors (Lipinski definition) is 7. The van der Waals surface area contributed by atoms with Gasteiger partial charge in [-0.05, 0) is 49.7 Å². The average Bonchev–Trinajstić information content (AvgIpc) is 3.41. The summed E-state index contributed by atoms with van der Waals surface area (Å²) in [5, 5.41) is 0. The number of benzene rings is 2. The zero-order chi connectivity index (χ0) is 52.3. The molecule has 0 N–H and O–H groups in total. The van der Waals surface area contributed by atoms with Gasteiger partial charge in [-0.3, -0.25) is 0 Å². The zero-order valence-corrected chi connectivity index (χ0v) is 48.5. The van der Waals surface area contributed by atoms with E-state index in [1.165, 1.54) is 141 Å². The monoisotopic (exact) mass is 1020 g/mol. The maximum absolute atomic E-state index is 6.91. The fraction of sp³-hybridized carbons (Fsp3) is 0.758. The highest BCUT2D eigenvalue weighted by Crippen LogP contribution is 2.35. The van der Waals surface area contributed by atoms with E-state index in [4.69, 9.17) is 33.2 Å². The molecule has 7 heteroatoms. The minimum absolute atomic E-state index is 0.0153. The largest absolute Gasteiger partial charge is 0.494 e. The molecule has 2 aromatic carbocycles. The maximum atomic E-state index is 6.91. The number of hydrogen-bond donors (Lipinski definition) is 0. The first-order valence-corrected chi connectivity index (χ1v) is 31.0. The summed E-state index contributed by atoms with van der Waals surface area (Å²) < 4.78 is 47.5. The second-order valence-electron chi connectivity index (χ2n) is 20.7. The third-order valence-electron chi connectivity index (χ3n) is 13.9. The van der Waals surface area contributed by atoms with Gasteiger partial charge in [0, 0.05) is 12.8 Å². The van der Waals surface area contributed by atoms with Crippen LogP contribution in [0.4, 0.5) is 0 Å². The minimum atomic E-state index is -0.493. The smallest absolute Gasteiger partial charge is 0.167 e. The van der Waals surface area contributed by atoms with Gasteiger partial charge in [0.25, 0.3) is 0 Å². The SMILES string of the molecule is CCCCCCCCCOC(CCCCC)=C(OCCCCCCCCC)C(OCOCOC(C(OCCCCCCCCC)=C(CCCCC)OCCCCCCCCC)c1ccccc1)c1ccccc1. The van der Waals surface area contributed by atoms with E-state index < -0.39 is 12.2 Å². The van der Waals surface area contributed by atoms with Crippen LogP contribution < -0.4 is 0 Å². The Morgan fingerprint density at radius 1 is 0.301 bits per heavy atom. The molecule has 2 atom stereocenters. The third-order valence-corrected chi connectivity index (χ3v) is 13.9. The highest BCUT2D eigenvalue weighted by atomic mass is 16.7. The molecular weight excluding hydrogens is 905 g/mol. The molecule has 0 bridgehead atoms. The maximum Gasteiger partial charge on any atom is 0.167 e. The molecule has 0 saturated heterocycles. The molecule has 420 valence electrons. The third kappa shape index (κ3) is 34.3. The molecule has 0 heterocycles. The van der Waals surface area contributed by atoms with E-state index in [9.17, 15) is 0 Å². The van der Waals surface area contributed by atoms with Gasteiger partial charge in [-0.2, -0.15) is 0 Å². The normalized spacial score (nSPS) is 13.1. The van der Waals surface area contributed by atoms with E-state index >= 15 is 0 Å². The van der Waals surface area contributed by atoms with Crippen LogP contribution in [0, 0.1) is 0 Å². The summed E-state index contributed by atoms with van der Waals surface area (Å²) in [6.07, 6.45) is 41.9. The molecule has 2 rings (SSSR count). The predicted molar refractivity (Wildman–Crippen MR) is 309 cm³/mol. The summed E-state index contributed by atoms with van der Waals surface area (Å²) in [6.45, 7) is 16.3. The topological polar surface area (TPSA) is 64.6 Å². The van der Waals surface area contributed by atoms with Gasteiger partial charge in [-0.1, -0.05) is 282 Å². The van der Waals surface area contributed by atoms with Crippen molar-refractivity contribution in [2.75, 3.05) is 40.0 Å². The van der Waals surface area contributed by atoms with Gasteiger partial charge >= 0.3 is 0 Å². The van der Waals surface area contributed by atoms with Crippen LogP contribution >= 0.6 is 0 Å². The molecule has 73 heavy (non-hydrogen) atoms. The number of unbranched alkanes of at least 4 members (excludes halogenated alkanes) is 28. The van der Waals surface area contributed by atoms with Crippen molar-refractivity contribution in [3.63, 3.8) is 0 Å². The van der Waals surface area contributed by atoms with E-state index in [1.807, 2.05) is 0 Å². The van der Waals surface area contributed by atoms with E-state index in [1.54, 1.807) is 0 Å². The van der Waals surface area contributed by atoms with E-state index in [0.717, 1.165) is 124 Å². The van der Waals surface area contributed by atoms with Crippen LogP contribution in [0.2, 0.25) is 0 Å². The van der Waals surface area contributed by atoms with Gasteiger partial charge in [0.05, 0.1) is 26.4 Å². The molecule has 2 aromatic rings. The molecule has 0 saturated carbocycles. The molecule has 0 aliphatic heterocycles. The Bertz CT molecular complexity index is 1410. The van der Waals surface area contributed by atoms with Crippen LogP contribution in [-0.4, -0.2) is 40.0 Å². The van der Waals surface area contributed by atoms with Gasteiger partial charge < -0.3 is 33.2 Å². The van der Waals surface area contributed by atoms with E-state index in [2.05, 4.69) is 102 Å². The molecule has 0 spiro atoms. The second-order valence-corrected chi connectivity index (χ2v) is 20.7. The second kappa shape index (κ2) is 49.9. The van der Waals surface area contributed by atoms with Crippen LogP contribution in [0.5, 0.6) is 0 Å². The van der Waals surface area contributed by atoms with Crippen molar-refractivity contribution in [1.29, 1.82) is 0 Å². The van der Waals surface area contributed by atoms with E-state index in [0.29, 0.717) is 26.4 Å². The average molecular weight is 1020 g/mol. The summed E-state index contributed by atoms with van der Waals surface area (Å²) >= 11 is 0.